The highest BCUT2D eigenvalue weighted by Crippen LogP contribution is 2.32. The molecule has 6 heteroatoms. The Kier molecular flexibility index (Phi) is 3.87. The third kappa shape index (κ3) is 3.89. The summed E-state index contributed by atoms with van der Waals surface area (Å²) in [7, 11) is 0. The van der Waals surface area contributed by atoms with E-state index in [0.29, 0.717) is 5.02 Å². The van der Waals surface area contributed by atoms with Crippen LogP contribution in [0.15, 0.2) is 18.2 Å². The molecule has 0 fully saturated rings. The van der Waals surface area contributed by atoms with Crippen LogP contribution in [-0.2, 0) is 0 Å². The summed E-state index contributed by atoms with van der Waals surface area (Å²) < 4.78 is 36.2. The maximum atomic E-state index is 12.1. The molecule has 0 amide bonds. The minimum Gasteiger partial charge on any atom is -0.324 e. The highest BCUT2D eigenvalue weighted by molar-refractivity contribution is 6.33. The van der Waals surface area contributed by atoms with Gasteiger partial charge in [-0.15, -0.1) is 0 Å². The molecule has 0 aliphatic carbocycles. The molecule has 1 nitrogen and oxygen atoms in total. The Hall–Kier alpha value is -0.450. The van der Waals surface area contributed by atoms with Gasteiger partial charge in [0.05, 0.1) is 6.42 Å². The molecule has 0 heterocycles. The number of alkyl halides is 3. The van der Waals surface area contributed by atoms with Crippen LogP contribution in [-0.4, -0.2) is 6.18 Å². The van der Waals surface area contributed by atoms with Crippen molar-refractivity contribution in [3.63, 3.8) is 0 Å². The lowest BCUT2D eigenvalue weighted by Gasteiger charge is -2.15. The monoisotopic (exact) mass is 257 g/mol. The Morgan fingerprint density at radius 2 is 1.87 bits per heavy atom. The Morgan fingerprint density at radius 3 is 2.40 bits per heavy atom. The van der Waals surface area contributed by atoms with Crippen molar-refractivity contribution in [2.24, 2.45) is 5.73 Å². The fourth-order valence-electron chi connectivity index (χ4n) is 1.16. The summed E-state index contributed by atoms with van der Waals surface area (Å²) in [5.74, 6) is 0. The molecule has 0 aliphatic heterocycles. The van der Waals surface area contributed by atoms with Gasteiger partial charge in [0.25, 0.3) is 0 Å². The van der Waals surface area contributed by atoms with Crippen molar-refractivity contribution in [2.75, 3.05) is 0 Å². The quantitative estimate of drug-likeness (QED) is 0.853. The molecule has 0 aromatic heterocycles. The van der Waals surface area contributed by atoms with Crippen LogP contribution in [0.25, 0.3) is 0 Å². The van der Waals surface area contributed by atoms with Gasteiger partial charge >= 0.3 is 6.18 Å². The molecule has 1 aromatic rings. The van der Waals surface area contributed by atoms with Gasteiger partial charge in [0, 0.05) is 16.1 Å². The van der Waals surface area contributed by atoms with Crippen LogP contribution in [0, 0.1) is 0 Å². The second-order valence-electron chi connectivity index (χ2n) is 3.09. The molecule has 0 unspecified atom stereocenters. The van der Waals surface area contributed by atoms with Crippen molar-refractivity contribution in [3.05, 3.63) is 33.8 Å². The number of benzene rings is 1. The molecule has 0 spiro atoms. The SMILES string of the molecule is N[C@H](CC(F)(F)F)c1cc(Cl)ccc1Cl. The van der Waals surface area contributed by atoms with Gasteiger partial charge in [-0.05, 0) is 23.8 Å². The highest BCUT2D eigenvalue weighted by Gasteiger charge is 2.31. The van der Waals surface area contributed by atoms with Gasteiger partial charge in [-0.2, -0.15) is 13.2 Å². The number of nitrogens with two attached hydrogens (primary N) is 1. The summed E-state index contributed by atoms with van der Waals surface area (Å²) in [5.41, 5.74) is 5.60. The zero-order valence-electron chi connectivity index (χ0n) is 7.48. The number of hydrogen-bond donors (Lipinski definition) is 1. The summed E-state index contributed by atoms with van der Waals surface area (Å²) >= 11 is 11.4. The second kappa shape index (κ2) is 4.60. The zero-order chi connectivity index (χ0) is 11.6. The molecular weight excluding hydrogens is 250 g/mol. The van der Waals surface area contributed by atoms with Crippen LogP contribution in [0.1, 0.15) is 18.0 Å². The predicted octanol–water partition coefficient (Wildman–Crippen LogP) is 3.95. The minimum absolute atomic E-state index is 0.191. The third-order valence-electron chi connectivity index (χ3n) is 1.81. The average Bonchev–Trinajstić information content (AvgIpc) is 2.06. The van der Waals surface area contributed by atoms with Crippen LogP contribution in [0.2, 0.25) is 10.0 Å². The largest absolute Gasteiger partial charge is 0.390 e. The molecule has 0 aliphatic rings. The van der Waals surface area contributed by atoms with Gasteiger partial charge in [-0.1, -0.05) is 23.2 Å². The second-order valence-corrected chi connectivity index (χ2v) is 3.94. The van der Waals surface area contributed by atoms with E-state index in [1.165, 1.54) is 18.2 Å². The molecule has 0 radical (unpaired) electrons. The maximum absolute atomic E-state index is 12.1. The van der Waals surface area contributed by atoms with E-state index in [0.717, 1.165) is 0 Å². The molecule has 0 saturated carbocycles. The van der Waals surface area contributed by atoms with Crippen LogP contribution < -0.4 is 5.73 Å². The van der Waals surface area contributed by atoms with Crippen LogP contribution in [0.5, 0.6) is 0 Å². The van der Waals surface area contributed by atoms with E-state index in [-0.39, 0.29) is 10.6 Å². The summed E-state index contributed by atoms with van der Waals surface area (Å²) in [6, 6.07) is 3.08. The molecule has 0 bridgehead atoms. The Morgan fingerprint density at radius 1 is 1.27 bits per heavy atom. The van der Waals surface area contributed by atoms with E-state index in [9.17, 15) is 13.2 Å². The molecule has 84 valence electrons. The van der Waals surface area contributed by atoms with Crippen molar-refractivity contribution >= 4 is 23.2 Å². The smallest absolute Gasteiger partial charge is 0.324 e. The lowest BCUT2D eigenvalue weighted by molar-refractivity contribution is -0.138. The van der Waals surface area contributed by atoms with Gasteiger partial charge in [0.2, 0.25) is 0 Å². The first-order valence-electron chi connectivity index (χ1n) is 4.07. The Labute approximate surface area is 95.0 Å². The van der Waals surface area contributed by atoms with E-state index >= 15 is 0 Å². The minimum atomic E-state index is -4.31. The lowest BCUT2D eigenvalue weighted by atomic mass is 10.0. The van der Waals surface area contributed by atoms with Crippen LogP contribution in [0.3, 0.4) is 0 Å². The topological polar surface area (TPSA) is 26.0 Å². The van der Waals surface area contributed by atoms with Gasteiger partial charge in [-0.3, -0.25) is 0 Å². The van der Waals surface area contributed by atoms with Crippen molar-refractivity contribution in [1.29, 1.82) is 0 Å². The molecular formula is C9H8Cl2F3N. The zero-order valence-corrected chi connectivity index (χ0v) is 9.00. The van der Waals surface area contributed by atoms with Gasteiger partial charge in [-0.25, -0.2) is 0 Å². The molecule has 2 N–H and O–H groups in total. The fourth-order valence-corrected chi connectivity index (χ4v) is 1.60. The molecule has 15 heavy (non-hydrogen) atoms. The molecule has 0 saturated heterocycles. The number of hydrogen-bond acceptors (Lipinski definition) is 1. The molecule has 1 aromatic carbocycles. The Bertz CT molecular complexity index is 352. The van der Waals surface area contributed by atoms with E-state index in [4.69, 9.17) is 28.9 Å². The van der Waals surface area contributed by atoms with Crippen LogP contribution in [0.4, 0.5) is 13.2 Å². The van der Waals surface area contributed by atoms with Crippen molar-refractivity contribution in [1.82, 2.24) is 0 Å². The van der Waals surface area contributed by atoms with Crippen LogP contribution >= 0.6 is 23.2 Å². The fraction of sp³-hybridized carbons (Fsp3) is 0.333. The van der Waals surface area contributed by atoms with Crippen molar-refractivity contribution in [2.45, 2.75) is 18.6 Å². The standard InChI is InChI=1S/C9H8Cl2F3N/c10-5-1-2-7(11)6(3-5)8(15)4-9(12,13)14/h1-3,8H,4,15H2/t8-/m1/s1. The maximum Gasteiger partial charge on any atom is 0.390 e. The first-order chi connectivity index (χ1) is 6.79. The summed E-state index contributed by atoms with van der Waals surface area (Å²) in [4.78, 5) is 0. The van der Waals surface area contributed by atoms with Gasteiger partial charge in [0.15, 0.2) is 0 Å². The summed E-state index contributed by atoms with van der Waals surface area (Å²) in [6.45, 7) is 0. The number of rotatable bonds is 2. The van der Waals surface area contributed by atoms with E-state index in [1.807, 2.05) is 0 Å². The van der Waals surface area contributed by atoms with Gasteiger partial charge < -0.3 is 5.73 Å². The van der Waals surface area contributed by atoms with Crippen molar-refractivity contribution in [3.8, 4) is 0 Å². The van der Waals surface area contributed by atoms with E-state index < -0.39 is 18.6 Å². The summed E-state index contributed by atoms with van der Waals surface area (Å²) in [6.07, 6.45) is -5.43. The highest BCUT2D eigenvalue weighted by atomic mass is 35.5. The van der Waals surface area contributed by atoms with E-state index in [2.05, 4.69) is 0 Å². The van der Waals surface area contributed by atoms with Gasteiger partial charge in [0.1, 0.15) is 0 Å². The Balaban J connectivity index is 2.90. The third-order valence-corrected chi connectivity index (χ3v) is 2.39. The summed E-state index contributed by atoms with van der Waals surface area (Å²) in [5, 5.41) is 0.503. The average molecular weight is 258 g/mol. The van der Waals surface area contributed by atoms with Crippen molar-refractivity contribution < 1.29 is 13.2 Å². The lowest BCUT2D eigenvalue weighted by Crippen LogP contribution is -2.20. The first-order valence-corrected chi connectivity index (χ1v) is 4.82. The molecule has 1 rings (SSSR count). The predicted molar refractivity (Wildman–Crippen MR) is 54.1 cm³/mol. The normalized spacial score (nSPS) is 14.0. The van der Waals surface area contributed by atoms with E-state index in [1.54, 1.807) is 0 Å². The molecule has 1 atom stereocenters. The first kappa shape index (κ1) is 12.6. The number of halogens is 5.